The Labute approximate surface area is 149 Å². The largest absolute Gasteiger partial charge is 0.348 e. The summed E-state index contributed by atoms with van der Waals surface area (Å²) in [5.74, 6) is -0.152. The second-order valence-corrected chi connectivity index (χ2v) is 8.12. The van der Waals surface area contributed by atoms with Gasteiger partial charge in [-0.3, -0.25) is 4.79 Å². The molecule has 0 aliphatic rings. The van der Waals surface area contributed by atoms with Gasteiger partial charge in [-0.2, -0.15) is 4.31 Å². The third-order valence-electron chi connectivity index (χ3n) is 4.58. The number of nitrogens with zero attached hydrogens (tertiary/aromatic N) is 2. The molecule has 1 aromatic heterocycles. The summed E-state index contributed by atoms with van der Waals surface area (Å²) in [5.41, 5.74) is 1.35. The number of fused-ring (bicyclic) bond motifs is 1. The Morgan fingerprint density at radius 2 is 1.84 bits per heavy atom. The van der Waals surface area contributed by atoms with Crippen LogP contribution in [0.1, 0.15) is 44.6 Å². The molecule has 2 rings (SSSR count). The zero-order chi connectivity index (χ0) is 18.8. The molecule has 0 aliphatic heterocycles. The highest BCUT2D eigenvalue weighted by Gasteiger charge is 2.23. The Bertz CT molecular complexity index is 867. The van der Waals surface area contributed by atoms with Crippen LogP contribution < -0.4 is 5.32 Å². The van der Waals surface area contributed by atoms with E-state index in [0.717, 1.165) is 17.3 Å². The summed E-state index contributed by atoms with van der Waals surface area (Å²) >= 11 is 0. The van der Waals surface area contributed by atoms with Crippen LogP contribution in [0.2, 0.25) is 0 Å². The molecule has 0 fully saturated rings. The summed E-state index contributed by atoms with van der Waals surface area (Å²) in [6.45, 7) is 8.45. The van der Waals surface area contributed by atoms with Crippen LogP contribution in [-0.2, 0) is 17.1 Å². The van der Waals surface area contributed by atoms with Gasteiger partial charge in [-0.15, -0.1) is 0 Å². The number of sulfonamides is 1. The van der Waals surface area contributed by atoms with E-state index in [1.165, 1.54) is 4.31 Å². The van der Waals surface area contributed by atoms with Crippen LogP contribution in [0.3, 0.4) is 0 Å². The Balaban J connectivity index is 2.47. The summed E-state index contributed by atoms with van der Waals surface area (Å²) in [6.07, 6.45) is 0.849. The lowest BCUT2D eigenvalue weighted by Gasteiger charge is -2.18. The molecule has 7 heteroatoms. The lowest BCUT2D eigenvalue weighted by Crippen LogP contribution is -2.33. The fraction of sp³-hybridized carbons (Fsp3) is 0.500. The molecule has 1 heterocycles. The van der Waals surface area contributed by atoms with Crippen molar-refractivity contribution in [1.82, 2.24) is 14.2 Å². The van der Waals surface area contributed by atoms with Crippen molar-refractivity contribution in [3.8, 4) is 0 Å². The van der Waals surface area contributed by atoms with Crippen molar-refractivity contribution in [3.63, 3.8) is 0 Å². The summed E-state index contributed by atoms with van der Waals surface area (Å²) < 4.78 is 28.6. The van der Waals surface area contributed by atoms with Gasteiger partial charge < -0.3 is 9.88 Å². The lowest BCUT2D eigenvalue weighted by atomic mass is 10.2. The molecule has 0 radical (unpaired) electrons. The summed E-state index contributed by atoms with van der Waals surface area (Å²) in [6, 6.07) is 6.83. The first-order valence-corrected chi connectivity index (χ1v) is 10.1. The standard InChI is InChI=1S/C18H27N3O3S/c1-6-13(4)19-18(22)17-12-14-11-15(9-10-16(14)20(17)5)25(23,24)21(7-2)8-3/h9-13H,6-8H2,1-5H3,(H,19,22)/t13-/m0/s1. The van der Waals surface area contributed by atoms with Crippen molar-refractivity contribution in [2.24, 2.45) is 7.05 Å². The quantitative estimate of drug-likeness (QED) is 0.820. The van der Waals surface area contributed by atoms with Gasteiger partial charge >= 0.3 is 0 Å². The Kier molecular flexibility index (Phi) is 5.90. The van der Waals surface area contributed by atoms with E-state index < -0.39 is 10.0 Å². The monoisotopic (exact) mass is 365 g/mol. The number of carbonyl (C=O) groups is 1. The number of hydrogen-bond donors (Lipinski definition) is 1. The number of amides is 1. The van der Waals surface area contributed by atoms with Crippen LogP contribution in [0.4, 0.5) is 0 Å². The van der Waals surface area contributed by atoms with Crippen molar-refractivity contribution in [2.75, 3.05) is 13.1 Å². The molecule has 0 aliphatic carbocycles. The molecule has 0 saturated carbocycles. The van der Waals surface area contributed by atoms with Gasteiger partial charge in [0.15, 0.2) is 0 Å². The highest BCUT2D eigenvalue weighted by molar-refractivity contribution is 7.89. The van der Waals surface area contributed by atoms with E-state index in [4.69, 9.17) is 0 Å². The van der Waals surface area contributed by atoms with Crippen LogP contribution in [0.5, 0.6) is 0 Å². The summed E-state index contributed by atoms with van der Waals surface area (Å²) in [7, 11) is -1.70. The molecule has 1 amide bonds. The maximum atomic E-state index is 12.7. The van der Waals surface area contributed by atoms with Gasteiger partial charge in [-0.05, 0) is 37.6 Å². The molecule has 0 bridgehead atoms. The predicted octanol–water partition coefficient (Wildman–Crippen LogP) is 2.74. The topological polar surface area (TPSA) is 71.4 Å². The van der Waals surface area contributed by atoms with Crippen LogP contribution >= 0.6 is 0 Å². The molecule has 1 atom stereocenters. The van der Waals surface area contributed by atoms with Gasteiger partial charge in [0, 0.05) is 37.1 Å². The highest BCUT2D eigenvalue weighted by atomic mass is 32.2. The molecule has 1 N–H and O–H groups in total. The maximum Gasteiger partial charge on any atom is 0.268 e. The first-order valence-electron chi connectivity index (χ1n) is 8.66. The Morgan fingerprint density at radius 3 is 2.40 bits per heavy atom. The summed E-state index contributed by atoms with van der Waals surface area (Å²) in [5, 5.41) is 3.68. The Hall–Kier alpha value is -1.86. The molecule has 0 spiro atoms. The van der Waals surface area contributed by atoms with Crippen LogP contribution in [0.15, 0.2) is 29.2 Å². The van der Waals surface area contributed by atoms with Crippen molar-refractivity contribution in [3.05, 3.63) is 30.0 Å². The minimum Gasteiger partial charge on any atom is -0.348 e. The minimum atomic E-state index is -3.52. The molecule has 138 valence electrons. The smallest absolute Gasteiger partial charge is 0.268 e. The number of rotatable bonds is 7. The average Bonchev–Trinajstić information content (AvgIpc) is 2.92. The summed E-state index contributed by atoms with van der Waals surface area (Å²) in [4.78, 5) is 12.7. The fourth-order valence-corrected chi connectivity index (χ4v) is 4.31. The van der Waals surface area contributed by atoms with Crippen LogP contribution in [0.25, 0.3) is 10.9 Å². The van der Waals surface area contributed by atoms with Gasteiger partial charge in [-0.1, -0.05) is 20.8 Å². The maximum absolute atomic E-state index is 12.7. The molecule has 2 aromatic rings. The molecule has 25 heavy (non-hydrogen) atoms. The first-order chi connectivity index (χ1) is 11.8. The third kappa shape index (κ3) is 3.72. The number of aryl methyl sites for hydroxylation is 1. The number of hydrogen-bond acceptors (Lipinski definition) is 3. The van der Waals surface area contributed by atoms with Gasteiger partial charge in [-0.25, -0.2) is 8.42 Å². The zero-order valence-corrected chi connectivity index (χ0v) is 16.4. The first kappa shape index (κ1) is 19.5. The third-order valence-corrected chi connectivity index (χ3v) is 6.63. The molecular formula is C18H27N3O3S. The number of aromatic nitrogens is 1. The lowest BCUT2D eigenvalue weighted by molar-refractivity contribution is 0.0931. The molecule has 1 aromatic carbocycles. The van der Waals surface area contributed by atoms with Crippen molar-refractivity contribution in [2.45, 2.75) is 45.1 Å². The molecule has 0 saturated heterocycles. The van der Waals surface area contributed by atoms with Gasteiger partial charge in [0.2, 0.25) is 10.0 Å². The minimum absolute atomic E-state index is 0.0871. The second-order valence-electron chi connectivity index (χ2n) is 6.18. The number of carbonyl (C=O) groups excluding carboxylic acids is 1. The van der Waals surface area contributed by atoms with Crippen molar-refractivity contribution < 1.29 is 13.2 Å². The molecule has 6 nitrogen and oxygen atoms in total. The normalized spacial score (nSPS) is 13.4. The van der Waals surface area contributed by atoms with E-state index in [1.54, 1.807) is 28.8 Å². The Morgan fingerprint density at radius 1 is 1.20 bits per heavy atom. The fourth-order valence-electron chi connectivity index (χ4n) is 2.82. The van der Waals surface area contributed by atoms with E-state index in [-0.39, 0.29) is 16.8 Å². The van der Waals surface area contributed by atoms with Crippen LogP contribution in [0, 0.1) is 0 Å². The van der Waals surface area contributed by atoms with Crippen molar-refractivity contribution in [1.29, 1.82) is 0 Å². The van der Waals surface area contributed by atoms with E-state index in [0.29, 0.717) is 18.8 Å². The number of benzene rings is 1. The van der Waals surface area contributed by atoms with Gasteiger partial charge in [0.25, 0.3) is 5.91 Å². The van der Waals surface area contributed by atoms with Gasteiger partial charge in [0.05, 0.1) is 4.90 Å². The number of nitrogens with one attached hydrogen (secondary N) is 1. The van der Waals surface area contributed by atoms with E-state index in [1.807, 2.05) is 34.7 Å². The molecule has 0 unspecified atom stereocenters. The zero-order valence-electron chi connectivity index (χ0n) is 15.5. The van der Waals surface area contributed by atoms with Crippen molar-refractivity contribution >= 4 is 26.8 Å². The van der Waals surface area contributed by atoms with Gasteiger partial charge in [0.1, 0.15) is 5.69 Å². The predicted molar refractivity (Wildman–Crippen MR) is 100 cm³/mol. The van der Waals surface area contributed by atoms with E-state index in [9.17, 15) is 13.2 Å². The van der Waals surface area contributed by atoms with E-state index >= 15 is 0 Å². The second kappa shape index (κ2) is 7.58. The van der Waals surface area contributed by atoms with E-state index in [2.05, 4.69) is 5.32 Å². The highest BCUT2D eigenvalue weighted by Crippen LogP contribution is 2.24. The SMILES string of the molecule is CC[C@H](C)NC(=O)c1cc2cc(S(=O)(=O)N(CC)CC)ccc2n1C. The average molecular weight is 365 g/mol. The molecular weight excluding hydrogens is 338 g/mol. The van der Waals surface area contributed by atoms with Crippen LogP contribution in [-0.4, -0.2) is 42.3 Å².